The summed E-state index contributed by atoms with van der Waals surface area (Å²) in [7, 11) is -3.06. The van der Waals surface area contributed by atoms with E-state index in [0.29, 0.717) is 0 Å². The first kappa shape index (κ1) is 13.5. The molecule has 1 N–H and O–H groups in total. The quantitative estimate of drug-likeness (QED) is 0.775. The van der Waals surface area contributed by atoms with E-state index in [2.05, 4.69) is 9.72 Å². The summed E-state index contributed by atoms with van der Waals surface area (Å²) in [6, 6.07) is 1.11. The van der Waals surface area contributed by atoms with Gasteiger partial charge in [-0.3, -0.25) is 4.79 Å². The average Bonchev–Trinajstić information content (AvgIpc) is 2.27. The molecule has 0 aliphatic heterocycles. The molecule has 94 valence electrons. The van der Waals surface area contributed by atoms with Crippen LogP contribution in [0.3, 0.4) is 0 Å². The van der Waals surface area contributed by atoms with Gasteiger partial charge in [-0.2, -0.15) is 4.72 Å². The topological polar surface area (TPSA) is 85.4 Å². The molecule has 0 radical (unpaired) electrons. The minimum atomic E-state index is -4.18. The van der Waals surface area contributed by atoms with Crippen LogP contribution in [0.1, 0.15) is 6.92 Å². The summed E-state index contributed by atoms with van der Waals surface area (Å²) in [6.45, 7) is 1.28. The summed E-state index contributed by atoms with van der Waals surface area (Å²) in [5.41, 5.74) is 0. The molecular formula is C9H11FN2O4S. The predicted octanol–water partition coefficient (Wildman–Crippen LogP) is 0.0605. The number of rotatable bonds is 4. The van der Waals surface area contributed by atoms with Gasteiger partial charge in [0.2, 0.25) is 5.03 Å². The van der Waals surface area contributed by atoms with Crippen LogP contribution in [-0.2, 0) is 19.6 Å². The van der Waals surface area contributed by atoms with Crippen molar-refractivity contribution in [2.75, 3.05) is 7.11 Å². The number of esters is 1. The summed E-state index contributed by atoms with van der Waals surface area (Å²) in [4.78, 5) is 14.5. The van der Waals surface area contributed by atoms with Gasteiger partial charge >= 0.3 is 5.97 Å². The van der Waals surface area contributed by atoms with Crippen molar-refractivity contribution < 1.29 is 22.3 Å². The van der Waals surface area contributed by atoms with Crippen molar-refractivity contribution >= 4 is 16.0 Å². The van der Waals surface area contributed by atoms with Crippen LogP contribution in [-0.4, -0.2) is 32.5 Å². The van der Waals surface area contributed by atoms with E-state index < -0.39 is 32.9 Å². The number of ether oxygens (including phenoxy) is 1. The lowest BCUT2D eigenvalue weighted by Gasteiger charge is -2.11. The van der Waals surface area contributed by atoms with E-state index in [0.717, 1.165) is 19.4 Å². The molecule has 6 nitrogen and oxygen atoms in total. The smallest absolute Gasteiger partial charge is 0.323 e. The van der Waals surface area contributed by atoms with Crippen LogP contribution in [0.4, 0.5) is 4.39 Å². The third kappa shape index (κ3) is 3.21. The van der Waals surface area contributed by atoms with Gasteiger partial charge in [-0.1, -0.05) is 0 Å². The van der Waals surface area contributed by atoms with E-state index in [9.17, 15) is 17.6 Å². The zero-order chi connectivity index (χ0) is 13.1. The van der Waals surface area contributed by atoms with Gasteiger partial charge in [0, 0.05) is 6.20 Å². The second-order valence-corrected chi connectivity index (χ2v) is 4.79. The molecule has 0 spiro atoms. The number of sulfonamides is 1. The molecule has 0 unspecified atom stereocenters. The molecule has 0 saturated carbocycles. The minimum absolute atomic E-state index is 0.754. The Balaban J connectivity index is 2.98. The monoisotopic (exact) mass is 262 g/mol. The van der Waals surface area contributed by atoms with Gasteiger partial charge in [0.05, 0.1) is 7.11 Å². The number of aromatic nitrogens is 1. The molecule has 1 rings (SSSR count). The van der Waals surface area contributed by atoms with E-state index in [1.165, 1.54) is 13.0 Å². The molecule has 0 aromatic carbocycles. The van der Waals surface area contributed by atoms with Crippen LogP contribution in [0.15, 0.2) is 23.4 Å². The number of nitrogens with one attached hydrogen (secondary N) is 1. The second kappa shape index (κ2) is 5.19. The second-order valence-electron chi connectivity index (χ2n) is 3.16. The van der Waals surface area contributed by atoms with Crippen molar-refractivity contribution in [1.29, 1.82) is 0 Å². The lowest BCUT2D eigenvalue weighted by Crippen LogP contribution is -2.39. The Kier molecular flexibility index (Phi) is 4.13. The summed E-state index contributed by atoms with van der Waals surface area (Å²) in [6.07, 6.45) is 1.14. The molecule has 0 aliphatic rings. The van der Waals surface area contributed by atoms with Gasteiger partial charge in [0.25, 0.3) is 10.0 Å². The van der Waals surface area contributed by atoms with Crippen LogP contribution in [0.5, 0.6) is 0 Å². The molecule has 1 heterocycles. The highest BCUT2D eigenvalue weighted by Gasteiger charge is 2.26. The van der Waals surface area contributed by atoms with Crippen molar-refractivity contribution in [3.63, 3.8) is 0 Å². The van der Waals surface area contributed by atoms with E-state index in [1.807, 2.05) is 4.72 Å². The Morgan fingerprint density at radius 2 is 2.24 bits per heavy atom. The van der Waals surface area contributed by atoms with Crippen LogP contribution in [0.2, 0.25) is 0 Å². The van der Waals surface area contributed by atoms with Gasteiger partial charge in [0.15, 0.2) is 5.82 Å². The number of halogens is 1. The Labute approximate surface area is 97.9 Å². The fraction of sp³-hybridized carbons (Fsp3) is 0.333. The van der Waals surface area contributed by atoms with Gasteiger partial charge < -0.3 is 4.74 Å². The lowest BCUT2D eigenvalue weighted by atomic mass is 10.4. The van der Waals surface area contributed by atoms with Gasteiger partial charge in [0.1, 0.15) is 6.04 Å². The summed E-state index contributed by atoms with van der Waals surface area (Å²) < 4.78 is 42.8. The largest absolute Gasteiger partial charge is 0.468 e. The van der Waals surface area contributed by atoms with Crippen LogP contribution in [0.25, 0.3) is 0 Å². The number of hydrogen-bond donors (Lipinski definition) is 1. The number of hydrogen-bond acceptors (Lipinski definition) is 5. The van der Waals surface area contributed by atoms with E-state index in [4.69, 9.17) is 0 Å². The first-order chi connectivity index (χ1) is 7.88. The maximum Gasteiger partial charge on any atom is 0.323 e. The summed E-state index contributed by atoms with van der Waals surface area (Å²) >= 11 is 0. The highest BCUT2D eigenvalue weighted by Crippen LogP contribution is 2.10. The Morgan fingerprint density at radius 1 is 1.59 bits per heavy atom. The molecule has 0 bridgehead atoms. The third-order valence-corrected chi connectivity index (χ3v) is 3.34. The van der Waals surface area contributed by atoms with Gasteiger partial charge in [-0.25, -0.2) is 17.8 Å². The van der Waals surface area contributed by atoms with Crippen molar-refractivity contribution in [2.24, 2.45) is 0 Å². The number of pyridine rings is 1. The van der Waals surface area contributed by atoms with E-state index >= 15 is 0 Å². The predicted molar refractivity (Wildman–Crippen MR) is 56.0 cm³/mol. The van der Waals surface area contributed by atoms with Crippen molar-refractivity contribution in [3.05, 3.63) is 24.1 Å². The van der Waals surface area contributed by atoms with Crippen LogP contribution in [0, 0.1) is 5.82 Å². The molecule has 1 aromatic rings. The maximum absolute atomic E-state index is 13.2. The Hall–Kier alpha value is -1.54. The zero-order valence-electron chi connectivity index (χ0n) is 9.18. The number of nitrogens with zero attached hydrogens (tertiary/aromatic N) is 1. The van der Waals surface area contributed by atoms with E-state index in [-0.39, 0.29) is 0 Å². The normalized spacial score (nSPS) is 13.1. The van der Waals surface area contributed by atoms with Crippen LogP contribution >= 0.6 is 0 Å². The van der Waals surface area contributed by atoms with Crippen molar-refractivity contribution in [3.8, 4) is 0 Å². The SMILES string of the molecule is COC(=O)[C@H](C)NS(=O)(=O)c1ncccc1F. The summed E-state index contributed by atoms with van der Waals surface area (Å²) in [5.74, 6) is -1.76. The zero-order valence-corrected chi connectivity index (χ0v) is 9.99. The maximum atomic E-state index is 13.2. The van der Waals surface area contributed by atoms with Crippen molar-refractivity contribution in [2.45, 2.75) is 18.0 Å². The average molecular weight is 262 g/mol. The highest BCUT2D eigenvalue weighted by atomic mass is 32.2. The number of carbonyl (C=O) groups excluding carboxylic acids is 1. The van der Waals surface area contributed by atoms with Crippen molar-refractivity contribution in [1.82, 2.24) is 9.71 Å². The van der Waals surface area contributed by atoms with Gasteiger partial charge in [-0.15, -0.1) is 0 Å². The highest BCUT2D eigenvalue weighted by molar-refractivity contribution is 7.89. The molecule has 0 saturated heterocycles. The Morgan fingerprint density at radius 3 is 2.76 bits per heavy atom. The lowest BCUT2D eigenvalue weighted by molar-refractivity contribution is -0.142. The molecule has 0 amide bonds. The first-order valence-electron chi connectivity index (χ1n) is 4.59. The van der Waals surface area contributed by atoms with E-state index in [1.54, 1.807) is 0 Å². The molecule has 17 heavy (non-hydrogen) atoms. The molecule has 1 atom stereocenters. The molecule has 1 aromatic heterocycles. The Bertz CT molecular complexity index is 517. The minimum Gasteiger partial charge on any atom is -0.468 e. The fourth-order valence-electron chi connectivity index (χ4n) is 1.08. The molecule has 8 heteroatoms. The standard InChI is InChI=1S/C9H11FN2O4S/c1-6(9(13)16-2)12-17(14,15)8-7(10)4-3-5-11-8/h3-6,12H,1-2H3/t6-/m0/s1. The fourth-order valence-corrected chi connectivity index (χ4v) is 2.28. The molecular weight excluding hydrogens is 251 g/mol. The van der Waals surface area contributed by atoms with Gasteiger partial charge in [-0.05, 0) is 19.1 Å². The summed E-state index contributed by atoms with van der Waals surface area (Å²) in [5, 5.41) is -0.754. The number of methoxy groups -OCH3 is 1. The number of carbonyl (C=O) groups is 1. The third-order valence-electron chi connectivity index (χ3n) is 1.87. The van der Waals surface area contributed by atoms with Crippen LogP contribution < -0.4 is 4.72 Å². The molecule has 0 aliphatic carbocycles. The molecule has 0 fully saturated rings. The first-order valence-corrected chi connectivity index (χ1v) is 6.07.